The molecule has 2 N–H and O–H groups in total. The van der Waals surface area contributed by atoms with Crippen LogP contribution in [-0.2, 0) is 6.54 Å². The van der Waals surface area contributed by atoms with E-state index in [1.807, 2.05) is 43.2 Å². The van der Waals surface area contributed by atoms with Crippen LogP contribution in [0.2, 0.25) is 0 Å². The second-order valence-corrected chi connectivity index (χ2v) is 3.89. The molecule has 0 aliphatic carbocycles. The van der Waals surface area contributed by atoms with E-state index >= 15 is 0 Å². The number of aromatic nitrogens is 3. The van der Waals surface area contributed by atoms with Gasteiger partial charge in [0.1, 0.15) is 5.82 Å². The number of hydrogen-bond acceptors (Lipinski definition) is 4. The summed E-state index contributed by atoms with van der Waals surface area (Å²) in [4.78, 5) is 4.16. The zero-order valence-corrected chi connectivity index (χ0v) is 10.1. The highest BCUT2D eigenvalue weighted by Gasteiger charge is 1.96. The summed E-state index contributed by atoms with van der Waals surface area (Å²) in [6.07, 6.45) is 5.69. The van der Waals surface area contributed by atoms with Crippen molar-refractivity contribution >= 4 is 11.5 Å². The summed E-state index contributed by atoms with van der Waals surface area (Å²) in [6.45, 7) is 3.73. The van der Waals surface area contributed by atoms with Gasteiger partial charge in [0.05, 0.1) is 12.7 Å². The standard InChI is InChI=1S/C12H17N5/c1-10-8-16-17(9-10)6-5-14-11-3-4-15-12(7-11)13-2/h3-4,7-9H,5-6H2,1-2H3,(H2,13,14,15). The lowest BCUT2D eigenvalue weighted by molar-refractivity contribution is 0.637. The van der Waals surface area contributed by atoms with E-state index in [4.69, 9.17) is 0 Å². The van der Waals surface area contributed by atoms with Crippen molar-refractivity contribution in [1.82, 2.24) is 14.8 Å². The minimum absolute atomic E-state index is 0.842. The van der Waals surface area contributed by atoms with Gasteiger partial charge in [-0.1, -0.05) is 0 Å². The third kappa shape index (κ3) is 3.21. The molecule has 5 nitrogen and oxygen atoms in total. The van der Waals surface area contributed by atoms with Crippen LogP contribution >= 0.6 is 0 Å². The van der Waals surface area contributed by atoms with E-state index in [-0.39, 0.29) is 0 Å². The summed E-state index contributed by atoms with van der Waals surface area (Å²) in [5, 5.41) is 10.6. The Bertz CT molecular complexity index is 477. The van der Waals surface area contributed by atoms with Gasteiger partial charge < -0.3 is 10.6 Å². The minimum Gasteiger partial charge on any atom is -0.383 e. The first-order valence-electron chi connectivity index (χ1n) is 5.64. The SMILES string of the molecule is CNc1cc(NCCn2cc(C)cn2)ccn1. The van der Waals surface area contributed by atoms with Crippen LogP contribution in [0.1, 0.15) is 5.56 Å². The molecule has 0 aliphatic heterocycles. The van der Waals surface area contributed by atoms with Crippen molar-refractivity contribution in [3.05, 3.63) is 36.3 Å². The van der Waals surface area contributed by atoms with Gasteiger partial charge in [0.2, 0.25) is 0 Å². The summed E-state index contributed by atoms with van der Waals surface area (Å²) < 4.78 is 1.93. The molecule has 0 aromatic carbocycles. The summed E-state index contributed by atoms with van der Waals surface area (Å²) in [7, 11) is 1.86. The first-order chi connectivity index (χ1) is 8.28. The van der Waals surface area contributed by atoms with E-state index in [1.165, 1.54) is 5.56 Å². The minimum atomic E-state index is 0.842. The highest BCUT2D eigenvalue weighted by atomic mass is 15.3. The van der Waals surface area contributed by atoms with Crippen LogP contribution in [0.3, 0.4) is 0 Å². The van der Waals surface area contributed by atoms with Gasteiger partial charge in [0.25, 0.3) is 0 Å². The maximum atomic E-state index is 4.23. The molecule has 0 bridgehead atoms. The molecule has 0 atom stereocenters. The molecule has 17 heavy (non-hydrogen) atoms. The average Bonchev–Trinajstić information content (AvgIpc) is 2.75. The Kier molecular flexibility index (Phi) is 3.59. The number of hydrogen-bond donors (Lipinski definition) is 2. The van der Waals surface area contributed by atoms with Crippen LogP contribution in [0.5, 0.6) is 0 Å². The lowest BCUT2D eigenvalue weighted by Crippen LogP contribution is -2.11. The molecule has 5 heteroatoms. The lowest BCUT2D eigenvalue weighted by atomic mass is 10.4. The summed E-state index contributed by atoms with van der Waals surface area (Å²) in [5.74, 6) is 0.866. The molecule has 0 saturated heterocycles. The van der Waals surface area contributed by atoms with E-state index in [0.717, 1.165) is 24.6 Å². The Morgan fingerprint density at radius 2 is 2.29 bits per heavy atom. The number of pyridine rings is 1. The highest BCUT2D eigenvalue weighted by Crippen LogP contribution is 2.10. The molecular weight excluding hydrogens is 214 g/mol. The fourth-order valence-electron chi connectivity index (χ4n) is 1.58. The van der Waals surface area contributed by atoms with Crippen LogP contribution in [0, 0.1) is 6.92 Å². The molecule has 90 valence electrons. The van der Waals surface area contributed by atoms with Gasteiger partial charge >= 0.3 is 0 Å². The summed E-state index contributed by atoms with van der Waals surface area (Å²) >= 11 is 0. The van der Waals surface area contributed by atoms with Gasteiger partial charge in [0.15, 0.2) is 0 Å². The Balaban J connectivity index is 1.85. The van der Waals surface area contributed by atoms with Crippen molar-refractivity contribution in [3.63, 3.8) is 0 Å². The lowest BCUT2D eigenvalue weighted by Gasteiger charge is -2.07. The van der Waals surface area contributed by atoms with Crippen LogP contribution in [-0.4, -0.2) is 28.4 Å². The van der Waals surface area contributed by atoms with Crippen molar-refractivity contribution in [2.75, 3.05) is 24.2 Å². The van der Waals surface area contributed by atoms with Crippen molar-refractivity contribution in [2.45, 2.75) is 13.5 Å². The van der Waals surface area contributed by atoms with Gasteiger partial charge in [-0.05, 0) is 18.6 Å². The molecule has 0 fully saturated rings. The maximum Gasteiger partial charge on any atom is 0.127 e. The van der Waals surface area contributed by atoms with E-state index in [9.17, 15) is 0 Å². The monoisotopic (exact) mass is 231 g/mol. The molecule has 2 rings (SSSR count). The van der Waals surface area contributed by atoms with E-state index in [1.54, 1.807) is 6.20 Å². The van der Waals surface area contributed by atoms with Crippen LogP contribution < -0.4 is 10.6 Å². The maximum absolute atomic E-state index is 4.23. The van der Waals surface area contributed by atoms with Crippen LogP contribution in [0.25, 0.3) is 0 Å². The quantitative estimate of drug-likeness (QED) is 0.823. The number of aryl methyl sites for hydroxylation is 1. The Morgan fingerprint density at radius 3 is 3.00 bits per heavy atom. The zero-order chi connectivity index (χ0) is 12.1. The van der Waals surface area contributed by atoms with E-state index in [0.29, 0.717) is 0 Å². The predicted octanol–water partition coefficient (Wildman–Crippen LogP) is 1.74. The fourth-order valence-corrected chi connectivity index (χ4v) is 1.58. The molecule has 0 radical (unpaired) electrons. The van der Waals surface area contributed by atoms with Crippen molar-refractivity contribution < 1.29 is 0 Å². The van der Waals surface area contributed by atoms with Gasteiger partial charge in [-0.15, -0.1) is 0 Å². The molecule has 0 unspecified atom stereocenters. The molecule has 0 spiro atoms. The normalized spacial score (nSPS) is 10.2. The van der Waals surface area contributed by atoms with Crippen LogP contribution in [0.4, 0.5) is 11.5 Å². The summed E-state index contributed by atoms with van der Waals surface area (Å²) in [6, 6.07) is 3.93. The number of nitrogens with one attached hydrogen (secondary N) is 2. The first kappa shape index (κ1) is 11.4. The fraction of sp³-hybridized carbons (Fsp3) is 0.333. The third-order valence-corrected chi connectivity index (χ3v) is 2.45. The number of anilines is 2. The van der Waals surface area contributed by atoms with E-state index < -0.39 is 0 Å². The highest BCUT2D eigenvalue weighted by molar-refractivity contribution is 5.51. The van der Waals surface area contributed by atoms with Gasteiger partial charge in [-0.2, -0.15) is 5.10 Å². The third-order valence-electron chi connectivity index (χ3n) is 2.45. The van der Waals surface area contributed by atoms with E-state index in [2.05, 4.69) is 20.7 Å². The first-order valence-corrected chi connectivity index (χ1v) is 5.64. The van der Waals surface area contributed by atoms with Gasteiger partial charge in [-0.25, -0.2) is 4.98 Å². The van der Waals surface area contributed by atoms with Crippen molar-refractivity contribution in [2.24, 2.45) is 0 Å². The smallest absolute Gasteiger partial charge is 0.127 e. The van der Waals surface area contributed by atoms with Crippen LogP contribution in [0.15, 0.2) is 30.7 Å². The Morgan fingerprint density at radius 1 is 1.41 bits per heavy atom. The molecule has 0 aliphatic rings. The van der Waals surface area contributed by atoms with Crippen molar-refractivity contribution in [3.8, 4) is 0 Å². The summed E-state index contributed by atoms with van der Waals surface area (Å²) in [5.41, 5.74) is 2.25. The second-order valence-electron chi connectivity index (χ2n) is 3.89. The second kappa shape index (κ2) is 5.34. The largest absolute Gasteiger partial charge is 0.383 e. The molecule has 0 saturated carbocycles. The van der Waals surface area contributed by atoms with Crippen molar-refractivity contribution in [1.29, 1.82) is 0 Å². The van der Waals surface area contributed by atoms with Gasteiger partial charge in [0, 0.05) is 37.7 Å². The average molecular weight is 231 g/mol. The molecule has 2 aromatic heterocycles. The molecule has 2 heterocycles. The van der Waals surface area contributed by atoms with Gasteiger partial charge in [-0.3, -0.25) is 4.68 Å². The molecule has 2 aromatic rings. The Hall–Kier alpha value is -2.04. The molecule has 0 amide bonds. The number of rotatable bonds is 5. The number of nitrogens with zero attached hydrogens (tertiary/aromatic N) is 3. The predicted molar refractivity (Wildman–Crippen MR) is 69.2 cm³/mol. The topological polar surface area (TPSA) is 54.8 Å². The molecular formula is C12H17N5. The Labute approximate surface area is 101 Å². The zero-order valence-electron chi connectivity index (χ0n) is 10.1.